The van der Waals surface area contributed by atoms with Crippen molar-refractivity contribution in [3.05, 3.63) is 201 Å². The van der Waals surface area contributed by atoms with Gasteiger partial charge in [0.2, 0.25) is 0 Å². The molecular weight excluding hydrogens is 767 g/mol. The fourth-order valence-electron chi connectivity index (χ4n) is 9.41. The Balaban J connectivity index is 0.00000210. The average molecular weight is 809 g/mol. The Morgan fingerprint density at radius 3 is 1.19 bits per heavy atom. The summed E-state index contributed by atoms with van der Waals surface area (Å²) in [6, 6.07) is 55.1. The zero-order chi connectivity index (χ0) is 34.0. The number of halogens is 2. The minimum atomic E-state index is -2.14. The van der Waals surface area contributed by atoms with Gasteiger partial charge in [0, 0.05) is 0 Å². The summed E-state index contributed by atoms with van der Waals surface area (Å²) in [5, 5.41) is 3.44. The number of benzene rings is 6. The molecule has 0 N–H and O–H groups in total. The van der Waals surface area contributed by atoms with Gasteiger partial charge < -0.3 is 24.8 Å². The van der Waals surface area contributed by atoms with E-state index in [9.17, 15) is 0 Å². The molecule has 6 aromatic carbocycles. The second-order valence-electron chi connectivity index (χ2n) is 15.0. The quantitative estimate of drug-likeness (QED) is 0.170. The molecular formula is C48H42Cl2SiZr. The van der Waals surface area contributed by atoms with Crippen LogP contribution >= 0.6 is 0 Å². The third-order valence-corrected chi connectivity index (χ3v) is 20.7. The first-order chi connectivity index (χ1) is 24.4. The molecule has 0 amide bonds. The molecule has 6 aromatic rings. The van der Waals surface area contributed by atoms with E-state index in [2.05, 4.69) is 173 Å². The molecule has 2 atom stereocenters. The van der Waals surface area contributed by atoms with E-state index in [0.717, 1.165) is 12.8 Å². The molecule has 0 fully saturated rings. The van der Waals surface area contributed by atoms with Crippen molar-refractivity contribution in [1.29, 1.82) is 0 Å². The first-order valence-electron chi connectivity index (χ1n) is 18.1. The summed E-state index contributed by atoms with van der Waals surface area (Å²) in [5.74, 6) is 0. The molecule has 2 unspecified atom stereocenters. The van der Waals surface area contributed by atoms with Crippen LogP contribution in [0.1, 0.15) is 65.6 Å². The van der Waals surface area contributed by atoms with E-state index in [1.165, 1.54) is 44.5 Å². The van der Waals surface area contributed by atoms with E-state index >= 15 is 0 Å². The summed E-state index contributed by atoms with van der Waals surface area (Å²) in [5.41, 5.74) is 20.9. The van der Waals surface area contributed by atoms with Crippen molar-refractivity contribution in [3.63, 3.8) is 0 Å². The Morgan fingerprint density at radius 2 is 0.808 bits per heavy atom. The molecule has 2 aliphatic carbocycles. The van der Waals surface area contributed by atoms with Gasteiger partial charge in [-0.15, -0.1) is 0 Å². The van der Waals surface area contributed by atoms with Gasteiger partial charge in [-0.2, -0.15) is 0 Å². The second-order valence-corrected chi connectivity index (χ2v) is 22.9. The van der Waals surface area contributed by atoms with E-state index in [4.69, 9.17) is 0 Å². The summed E-state index contributed by atoms with van der Waals surface area (Å²) in [6.07, 6.45) is 1.94. The Labute approximate surface area is 334 Å². The van der Waals surface area contributed by atoms with Crippen LogP contribution in [0.5, 0.6) is 0 Å². The first-order valence-corrected chi connectivity index (χ1v) is 23.9. The van der Waals surface area contributed by atoms with Crippen molar-refractivity contribution >= 4 is 18.5 Å². The van der Waals surface area contributed by atoms with E-state index in [-0.39, 0.29) is 24.8 Å². The number of allylic oxidation sites excluding steroid dienone is 2. The van der Waals surface area contributed by atoms with E-state index in [1.807, 2.05) is 0 Å². The topological polar surface area (TPSA) is 0 Å². The normalized spacial score (nSPS) is 17.5. The van der Waals surface area contributed by atoms with E-state index in [0.29, 0.717) is 7.25 Å². The maximum Gasteiger partial charge on any atom is -1.00 e. The van der Waals surface area contributed by atoms with Crippen molar-refractivity contribution in [2.45, 2.75) is 47.0 Å². The van der Waals surface area contributed by atoms with Crippen LogP contribution in [0, 0.1) is 0 Å². The maximum absolute atomic E-state index is 2.67. The number of rotatable bonds is 6. The minimum Gasteiger partial charge on any atom is -1.00 e. The van der Waals surface area contributed by atoms with Gasteiger partial charge in [0.25, 0.3) is 0 Å². The van der Waals surface area contributed by atoms with Crippen LogP contribution in [0.15, 0.2) is 157 Å². The van der Waals surface area contributed by atoms with Crippen molar-refractivity contribution in [3.8, 4) is 22.3 Å². The Morgan fingerprint density at radius 1 is 0.442 bits per heavy atom. The molecule has 1 aliphatic heterocycles. The number of fused-ring (bicyclic) bond motifs is 8. The summed E-state index contributed by atoms with van der Waals surface area (Å²) in [7, 11) is -2.14. The molecule has 9 rings (SSSR count). The average Bonchev–Trinajstić information content (AvgIpc) is 3.61. The predicted octanol–water partition coefficient (Wildman–Crippen LogP) is 6.45. The number of hydrogen-bond donors (Lipinski definition) is 0. The molecule has 0 spiro atoms. The van der Waals surface area contributed by atoms with Crippen LogP contribution < -0.4 is 24.8 Å². The van der Waals surface area contributed by atoms with E-state index in [1.54, 1.807) is 43.8 Å². The Kier molecular flexibility index (Phi) is 10.4. The zero-order valence-corrected chi connectivity index (χ0v) is 35.2. The van der Waals surface area contributed by atoms with Gasteiger partial charge in [0.05, 0.1) is 0 Å². The summed E-state index contributed by atoms with van der Waals surface area (Å²) >= 11 is -0.946. The van der Waals surface area contributed by atoms with Crippen LogP contribution in [0.25, 0.3) is 32.6 Å². The first kappa shape index (κ1) is 36.8. The van der Waals surface area contributed by atoms with Crippen molar-refractivity contribution in [2.24, 2.45) is 0 Å². The maximum atomic E-state index is 2.67. The Bertz CT molecular complexity index is 2160. The molecule has 4 bridgehead atoms. The van der Waals surface area contributed by atoms with Gasteiger partial charge in [-0.1, -0.05) is 12.1 Å². The molecule has 0 radical (unpaired) electrons. The monoisotopic (exact) mass is 806 g/mol. The Hall–Kier alpha value is -3.52. The second kappa shape index (κ2) is 14.7. The van der Waals surface area contributed by atoms with Gasteiger partial charge in [-0.05, 0) is 0 Å². The molecule has 52 heavy (non-hydrogen) atoms. The molecule has 1 heterocycles. The molecule has 4 heteroatoms. The van der Waals surface area contributed by atoms with Crippen LogP contribution in [-0.4, -0.2) is 8.07 Å². The molecule has 3 aliphatic rings. The largest absolute Gasteiger partial charge is 1.00 e. The van der Waals surface area contributed by atoms with Gasteiger partial charge in [0.1, 0.15) is 0 Å². The number of hydrogen-bond acceptors (Lipinski definition) is 0. The summed E-state index contributed by atoms with van der Waals surface area (Å²) in [4.78, 5) is 0. The standard InChI is InChI=1S/C48H42Si.2ClH.Zr/c1-33-29-41-17-11-19-43(39-25-21-37(22-26-39)31-35-13-7-5-8-14-35)45(41)47(33)49(3,4)48-34(2)30-42-18-12-20-44(46(42)48)40-27-23-38(24-28-40)32-36-15-9-6-10-16-36;;;/h5-30H,31-32H2,1-4H3;2*1H;/q;;;+2/p-2. The van der Waals surface area contributed by atoms with Crippen LogP contribution in [-0.2, 0) is 36.1 Å². The smallest absolute Gasteiger partial charge is 1.00 e. The third-order valence-electron chi connectivity index (χ3n) is 11.6. The predicted molar refractivity (Wildman–Crippen MR) is 210 cm³/mol. The van der Waals surface area contributed by atoms with Gasteiger partial charge in [0.15, 0.2) is 0 Å². The zero-order valence-electron chi connectivity index (χ0n) is 30.2. The summed E-state index contributed by atoms with van der Waals surface area (Å²) in [6.45, 7) is 10.4. The minimum absolute atomic E-state index is 0. The van der Waals surface area contributed by atoms with Crippen molar-refractivity contribution in [2.75, 3.05) is 0 Å². The molecule has 0 saturated heterocycles. The van der Waals surface area contributed by atoms with Crippen LogP contribution in [0.3, 0.4) is 0 Å². The molecule has 0 saturated carbocycles. The third kappa shape index (κ3) is 6.20. The van der Waals surface area contributed by atoms with Crippen LogP contribution in [0.4, 0.5) is 0 Å². The fourth-order valence-corrected chi connectivity index (χ4v) is 19.3. The molecule has 0 aromatic heterocycles. The molecule has 256 valence electrons. The van der Waals surface area contributed by atoms with Gasteiger partial charge in [-0.3, -0.25) is 0 Å². The fraction of sp³-hybridized carbons (Fsp3) is 0.167. The SMILES string of the molecule is CC1=C2c3c(-c4ccc(Cc5ccccc5)cc4)cccc3[CH]1[Zr+2][CH]1C(C)=C(c3c(-c4ccc(Cc5ccccc5)cc4)cccc31)[Si]2(C)C.[Cl-].[Cl-]. The van der Waals surface area contributed by atoms with Gasteiger partial charge in [-0.25, -0.2) is 0 Å². The van der Waals surface area contributed by atoms with Crippen molar-refractivity contribution < 1.29 is 48.0 Å². The van der Waals surface area contributed by atoms with E-state index < -0.39 is 31.3 Å². The summed E-state index contributed by atoms with van der Waals surface area (Å²) < 4.78 is 1.25. The van der Waals surface area contributed by atoms with Crippen LogP contribution in [0.2, 0.25) is 13.1 Å². The van der Waals surface area contributed by atoms with Gasteiger partial charge >= 0.3 is 300 Å². The molecule has 0 nitrogen and oxygen atoms in total. The van der Waals surface area contributed by atoms with Crippen molar-refractivity contribution in [1.82, 2.24) is 0 Å².